The fraction of sp³-hybridized carbons (Fsp3) is 0. The summed E-state index contributed by atoms with van der Waals surface area (Å²) < 4.78 is 1.39. The number of hydrogen-bond acceptors (Lipinski definition) is 0. The van der Waals surface area contributed by atoms with Crippen LogP contribution in [0.15, 0.2) is 53.2 Å². The van der Waals surface area contributed by atoms with E-state index < -0.39 is 14.7 Å². The van der Waals surface area contributed by atoms with Crippen molar-refractivity contribution in [3.63, 3.8) is 0 Å². The molecule has 0 heterocycles. The fourth-order valence-electron chi connectivity index (χ4n) is 0.885. The van der Waals surface area contributed by atoms with Crippen molar-refractivity contribution in [3.05, 3.63) is 53.2 Å². The summed E-state index contributed by atoms with van der Waals surface area (Å²) in [5.41, 5.74) is 0. The van der Waals surface area contributed by atoms with Gasteiger partial charge in [0.1, 0.15) is 0 Å². The molecule has 0 aliphatic rings. The Morgan fingerprint density at radius 2 is 1.55 bits per heavy atom. The molecule has 0 amide bonds. The van der Waals surface area contributed by atoms with Crippen molar-refractivity contribution in [2.75, 3.05) is 0 Å². The van der Waals surface area contributed by atoms with E-state index in [9.17, 15) is 0 Å². The molecule has 1 aromatic rings. The van der Waals surface area contributed by atoms with E-state index in [1.165, 1.54) is 4.35 Å². The van der Waals surface area contributed by atoms with E-state index in [0.717, 1.165) is 0 Å². The summed E-state index contributed by atoms with van der Waals surface area (Å²) in [4.78, 5) is 4.07. The van der Waals surface area contributed by atoms with Gasteiger partial charge in [0.2, 0.25) is 0 Å². The molecule has 0 N–H and O–H groups in total. The van der Waals surface area contributed by atoms with Crippen LogP contribution in [0.3, 0.4) is 0 Å². The van der Waals surface area contributed by atoms with Gasteiger partial charge in [-0.15, -0.1) is 0 Å². The molecule has 0 unspecified atom stereocenters. The van der Waals surface area contributed by atoms with Gasteiger partial charge in [-0.2, -0.15) is 0 Å². The molecule has 0 saturated heterocycles. The van der Waals surface area contributed by atoms with Crippen molar-refractivity contribution >= 4 is 19.0 Å². The molecule has 0 atom stereocenters. The Morgan fingerprint density at radius 1 is 1.00 bits per heavy atom. The average molecular weight is 206 g/mol. The van der Waals surface area contributed by atoms with Gasteiger partial charge in [0.25, 0.3) is 0 Å². The van der Waals surface area contributed by atoms with E-state index in [0.29, 0.717) is 0 Å². The quantitative estimate of drug-likeness (QED) is 0.662. The van der Waals surface area contributed by atoms with Crippen LogP contribution >= 0.6 is 0 Å². The Hall–Kier alpha value is -0.742. The number of benzene rings is 1. The topological polar surface area (TPSA) is 0 Å². The number of rotatable bonds is 3. The summed E-state index contributed by atoms with van der Waals surface area (Å²) in [6.45, 7) is 7.60. The van der Waals surface area contributed by atoms with Crippen molar-refractivity contribution in [1.82, 2.24) is 0 Å². The van der Waals surface area contributed by atoms with Crippen molar-refractivity contribution in [1.29, 1.82) is 0 Å². The molecule has 0 aliphatic heterocycles. The maximum atomic E-state index is 3.80. The second-order valence-electron chi connectivity index (χ2n) is 2.11. The molecule has 0 nitrogen and oxygen atoms in total. The monoisotopic (exact) mass is 206 g/mol. The minimum absolute atomic E-state index is 1.09. The summed E-state index contributed by atoms with van der Waals surface area (Å²) in [6.07, 6.45) is 0. The van der Waals surface area contributed by atoms with Crippen LogP contribution in [0.5, 0.6) is 0 Å². The first-order valence-electron chi connectivity index (χ1n) is 3.47. The van der Waals surface area contributed by atoms with Gasteiger partial charge in [-0.05, 0) is 0 Å². The molecule has 0 bridgehead atoms. The zero-order valence-corrected chi connectivity index (χ0v) is 8.28. The third-order valence-corrected chi connectivity index (χ3v) is 4.98. The summed E-state index contributed by atoms with van der Waals surface area (Å²) in [5, 5.41) is 0. The van der Waals surface area contributed by atoms with Crippen LogP contribution in [0.1, 0.15) is 0 Å². The van der Waals surface area contributed by atoms with Crippen molar-refractivity contribution in [3.8, 4) is 0 Å². The van der Waals surface area contributed by atoms with E-state index in [1.807, 2.05) is 15.8 Å². The zero-order valence-electron chi connectivity index (χ0n) is 6.40. The molecule has 0 aliphatic carbocycles. The third-order valence-electron chi connectivity index (χ3n) is 1.45. The minimum atomic E-state index is -1.09. The molecule has 1 aromatic carbocycles. The molecule has 0 aromatic heterocycles. The first-order valence-corrected chi connectivity index (χ1v) is 6.57. The second-order valence-corrected chi connectivity index (χ2v) is 6.43. The van der Waals surface area contributed by atoms with E-state index in [2.05, 4.69) is 37.4 Å². The zero-order chi connectivity index (χ0) is 8.10. The van der Waals surface area contributed by atoms with Gasteiger partial charge < -0.3 is 0 Å². The van der Waals surface area contributed by atoms with Crippen molar-refractivity contribution in [2.45, 2.75) is 0 Å². The molecule has 1 heteroatoms. The first-order chi connectivity index (χ1) is 5.38. The molecule has 11 heavy (non-hydrogen) atoms. The summed E-state index contributed by atoms with van der Waals surface area (Å²) >= 11 is -1.09. The van der Waals surface area contributed by atoms with Gasteiger partial charge in [-0.1, -0.05) is 0 Å². The van der Waals surface area contributed by atoms with Gasteiger partial charge in [0.15, 0.2) is 0 Å². The SMILES string of the molecule is C=C[As](C=C)c1ccccc1. The molecule has 1 rings (SSSR count). The second kappa shape index (κ2) is 4.20. The van der Waals surface area contributed by atoms with Crippen molar-refractivity contribution < 1.29 is 0 Å². The van der Waals surface area contributed by atoms with Crippen LogP contribution in [0.4, 0.5) is 0 Å². The van der Waals surface area contributed by atoms with Gasteiger partial charge in [0.05, 0.1) is 0 Å². The number of hydrogen-bond donors (Lipinski definition) is 0. The van der Waals surface area contributed by atoms with Crippen molar-refractivity contribution in [2.24, 2.45) is 0 Å². The summed E-state index contributed by atoms with van der Waals surface area (Å²) in [7, 11) is 0. The Kier molecular flexibility index (Phi) is 3.19. The predicted molar refractivity (Wildman–Crippen MR) is 52.2 cm³/mol. The predicted octanol–water partition coefficient (Wildman–Crippen LogP) is 1.84. The van der Waals surface area contributed by atoms with Crippen LogP contribution in [0.25, 0.3) is 0 Å². The van der Waals surface area contributed by atoms with E-state index in [-0.39, 0.29) is 0 Å². The van der Waals surface area contributed by atoms with Gasteiger partial charge in [-0.25, -0.2) is 0 Å². The normalized spacial score (nSPS) is 9.55. The molecule has 0 radical (unpaired) electrons. The summed E-state index contributed by atoms with van der Waals surface area (Å²) in [5.74, 6) is 0. The van der Waals surface area contributed by atoms with Crippen LogP contribution in [0, 0.1) is 0 Å². The van der Waals surface area contributed by atoms with E-state index in [1.54, 1.807) is 0 Å². The van der Waals surface area contributed by atoms with Gasteiger partial charge in [0, 0.05) is 0 Å². The van der Waals surface area contributed by atoms with E-state index >= 15 is 0 Å². The third kappa shape index (κ3) is 2.10. The molecule has 0 spiro atoms. The van der Waals surface area contributed by atoms with E-state index in [4.69, 9.17) is 0 Å². The molecular formula is C10H11As. The van der Waals surface area contributed by atoms with Crippen LogP contribution in [-0.2, 0) is 0 Å². The van der Waals surface area contributed by atoms with Gasteiger partial charge in [-0.3, -0.25) is 0 Å². The molecule has 0 saturated carbocycles. The Bertz CT molecular complexity index is 230. The summed E-state index contributed by atoms with van der Waals surface area (Å²) in [6, 6.07) is 10.4. The Morgan fingerprint density at radius 3 is 2.00 bits per heavy atom. The molecular weight excluding hydrogens is 195 g/mol. The molecule has 0 fully saturated rings. The Balaban J connectivity index is 2.90. The standard InChI is InChI=1S/C10H11As/c1-3-11(4-2)10-8-6-5-7-9-10/h3-9H,1-2H2. The maximum absolute atomic E-state index is 3.80. The molecule has 56 valence electrons. The van der Waals surface area contributed by atoms with Gasteiger partial charge >= 0.3 is 72.2 Å². The first kappa shape index (κ1) is 8.36. The Labute approximate surface area is 72.5 Å². The van der Waals surface area contributed by atoms with Crippen LogP contribution in [0.2, 0.25) is 0 Å². The van der Waals surface area contributed by atoms with Crippen LogP contribution < -0.4 is 4.35 Å². The van der Waals surface area contributed by atoms with Crippen LogP contribution in [-0.4, -0.2) is 14.7 Å². The fourth-order valence-corrected chi connectivity index (χ4v) is 3.17. The average Bonchev–Trinajstić information content (AvgIpc) is 2.09.